The van der Waals surface area contributed by atoms with Gasteiger partial charge in [0.05, 0.1) is 4.90 Å². The first-order valence-corrected chi connectivity index (χ1v) is 13.4. The number of amides is 2. The van der Waals surface area contributed by atoms with Crippen molar-refractivity contribution in [3.63, 3.8) is 0 Å². The summed E-state index contributed by atoms with van der Waals surface area (Å²) in [6.07, 6.45) is 5.28. The predicted molar refractivity (Wildman–Crippen MR) is 132 cm³/mol. The molecule has 1 saturated heterocycles. The fourth-order valence-corrected chi connectivity index (χ4v) is 5.64. The molecule has 186 valence electrons. The van der Waals surface area contributed by atoms with Gasteiger partial charge in [0.15, 0.2) is 0 Å². The number of nitrogens with zero attached hydrogens (tertiary/aromatic N) is 3. The number of benzene rings is 1. The third-order valence-electron chi connectivity index (χ3n) is 6.73. The Bertz CT molecular complexity index is 1210. The molecule has 0 unspecified atom stereocenters. The van der Waals surface area contributed by atoms with Gasteiger partial charge < -0.3 is 10.2 Å². The van der Waals surface area contributed by atoms with Crippen LogP contribution in [0.3, 0.4) is 0 Å². The molecule has 0 saturated carbocycles. The standard InChI is InChI=1S/C25H31N5O4S/c1-3-17(2)22(28-23-20-8-4-5-9-21(20)35(33,34)29-23)25(32)30-13-10-19(11-14-30)24(31)27-16-18-7-6-12-26-15-18/h4-9,12,15,17,19,22H,3,10-11,13-14,16H2,1-2H3,(H,27,31)(H,28,29)/t17-,22-/m0/s1. The van der Waals surface area contributed by atoms with Crippen LogP contribution >= 0.6 is 0 Å². The monoisotopic (exact) mass is 497 g/mol. The Morgan fingerprint density at radius 1 is 1.20 bits per heavy atom. The van der Waals surface area contributed by atoms with Crippen LogP contribution in [0.15, 0.2) is 58.7 Å². The second-order valence-electron chi connectivity index (χ2n) is 9.09. The number of carbonyl (C=O) groups is 2. The van der Waals surface area contributed by atoms with E-state index in [0.717, 1.165) is 12.0 Å². The predicted octanol–water partition coefficient (Wildman–Crippen LogP) is 2.09. The number of carbonyl (C=O) groups excluding carboxylic acids is 2. The maximum absolute atomic E-state index is 13.5. The second-order valence-corrected chi connectivity index (χ2v) is 10.7. The van der Waals surface area contributed by atoms with E-state index in [4.69, 9.17) is 0 Å². The lowest BCUT2D eigenvalue weighted by molar-refractivity contribution is -0.137. The number of amidine groups is 1. The zero-order valence-electron chi connectivity index (χ0n) is 20.0. The Hall–Kier alpha value is -3.27. The van der Waals surface area contributed by atoms with Crippen LogP contribution < -0.4 is 10.0 Å². The highest BCUT2D eigenvalue weighted by molar-refractivity contribution is 7.90. The number of hydrogen-bond acceptors (Lipinski definition) is 6. The average molecular weight is 498 g/mol. The Morgan fingerprint density at radius 2 is 1.94 bits per heavy atom. The summed E-state index contributed by atoms with van der Waals surface area (Å²) in [7, 11) is -3.68. The molecule has 0 aliphatic carbocycles. The van der Waals surface area contributed by atoms with Gasteiger partial charge in [-0.25, -0.2) is 8.42 Å². The van der Waals surface area contributed by atoms with Gasteiger partial charge >= 0.3 is 0 Å². The van der Waals surface area contributed by atoms with E-state index in [1.54, 1.807) is 35.5 Å². The van der Waals surface area contributed by atoms with E-state index in [1.165, 1.54) is 6.07 Å². The molecule has 2 aromatic rings. The summed E-state index contributed by atoms with van der Waals surface area (Å²) in [5.41, 5.74) is 1.42. The molecule has 1 aromatic heterocycles. The average Bonchev–Trinajstić information content (AvgIpc) is 3.15. The quantitative estimate of drug-likeness (QED) is 0.607. The van der Waals surface area contributed by atoms with Gasteiger partial charge in [-0.2, -0.15) is 0 Å². The minimum Gasteiger partial charge on any atom is -0.352 e. The van der Waals surface area contributed by atoms with Crippen LogP contribution in [0.1, 0.15) is 44.2 Å². The molecule has 35 heavy (non-hydrogen) atoms. The van der Waals surface area contributed by atoms with E-state index in [0.29, 0.717) is 38.0 Å². The van der Waals surface area contributed by atoms with E-state index in [2.05, 4.69) is 20.0 Å². The van der Waals surface area contributed by atoms with Crippen LogP contribution in [0.25, 0.3) is 0 Å². The van der Waals surface area contributed by atoms with E-state index in [-0.39, 0.29) is 34.4 Å². The number of nitrogens with one attached hydrogen (secondary N) is 2. The highest BCUT2D eigenvalue weighted by Gasteiger charge is 2.36. The molecule has 2 atom stereocenters. The minimum absolute atomic E-state index is 0.0170. The zero-order chi connectivity index (χ0) is 25.0. The Kier molecular flexibility index (Phi) is 7.49. The summed E-state index contributed by atoms with van der Waals surface area (Å²) in [6.45, 7) is 5.28. The zero-order valence-corrected chi connectivity index (χ0v) is 20.8. The molecule has 4 rings (SSSR count). The number of piperidine rings is 1. The molecule has 2 amide bonds. The van der Waals surface area contributed by atoms with Gasteiger partial charge in [0, 0.05) is 43.5 Å². The van der Waals surface area contributed by atoms with Crippen LogP contribution in [0.4, 0.5) is 0 Å². The second kappa shape index (κ2) is 10.6. The first-order chi connectivity index (χ1) is 16.8. The van der Waals surface area contributed by atoms with Crippen molar-refractivity contribution in [2.75, 3.05) is 13.1 Å². The van der Waals surface area contributed by atoms with Gasteiger partial charge in [-0.15, -0.1) is 0 Å². The molecule has 10 heteroatoms. The molecule has 0 radical (unpaired) electrons. The number of aliphatic imine (C=N–C) groups is 1. The fourth-order valence-electron chi connectivity index (χ4n) is 4.40. The summed E-state index contributed by atoms with van der Waals surface area (Å²) < 4.78 is 27.4. The first-order valence-electron chi connectivity index (χ1n) is 12.0. The maximum Gasteiger partial charge on any atom is 0.263 e. The van der Waals surface area contributed by atoms with E-state index in [9.17, 15) is 18.0 Å². The molecular weight excluding hydrogens is 466 g/mol. The van der Waals surface area contributed by atoms with E-state index < -0.39 is 16.1 Å². The first kappa shape index (κ1) is 24.8. The molecule has 2 aliphatic rings. The summed E-state index contributed by atoms with van der Waals surface area (Å²) >= 11 is 0. The van der Waals surface area contributed by atoms with Crippen LogP contribution in [-0.2, 0) is 26.2 Å². The van der Waals surface area contributed by atoms with Crippen LogP contribution in [0.5, 0.6) is 0 Å². The van der Waals surface area contributed by atoms with Crippen molar-refractivity contribution in [1.82, 2.24) is 19.9 Å². The Morgan fingerprint density at radius 3 is 2.63 bits per heavy atom. The molecule has 0 spiro atoms. The number of fused-ring (bicyclic) bond motifs is 1. The highest BCUT2D eigenvalue weighted by atomic mass is 32.2. The van der Waals surface area contributed by atoms with Crippen LogP contribution in [-0.4, -0.2) is 55.1 Å². The van der Waals surface area contributed by atoms with Crippen LogP contribution in [0.2, 0.25) is 0 Å². The van der Waals surface area contributed by atoms with Crippen molar-refractivity contribution >= 4 is 27.7 Å². The number of aromatic nitrogens is 1. The van der Waals surface area contributed by atoms with E-state index in [1.807, 2.05) is 26.0 Å². The molecule has 1 fully saturated rings. The Labute approximate surface area is 206 Å². The van der Waals surface area contributed by atoms with Gasteiger partial charge in [-0.05, 0) is 42.5 Å². The van der Waals surface area contributed by atoms with Crippen molar-refractivity contribution in [2.45, 2.75) is 50.6 Å². The third-order valence-corrected chi connectivity index (χ3v) is 8.13. The molecule has 2 aliphatic heterocycles. The minimum atomic E-state index is -3.68. The number of rotatable bonds is 7. The highest BCUT2D eigenvalue weighted by Crippen LogP contribution is 2.26. The lowest BCUT2D eigenvalue weighted by Gasteiger charge is -2.34. The molecular formula is C25H31N5O4S. The summed E-state index contributed by atoms with van der Waals surface area (Å²) in [5, 5.41) is 2.96. The van der Waals surface area contributed by atoms with Gasteiger partial charge in [-0.1, -0.05) is 38.5 Å². The normalized spacial score (nSPS) is 20.1. The molecule has 2 N–H and O–H groups in total. The summed E-state index contributed by atoms with van der Waals surface area (Å²) in [6, 6.07) is 9.67. The lowest BCUT2D eigenvalue weighted by atomic mass is 9.93. The molecule has 9 nitrogen and oxygen atoms in total. The molecule has 3 heterocycles. The van der Waals surface area contributed by atoms with E-state index >= 15 is 0 Å². The van der Waals surface area contributed by atoms with Crippen molar-refractivity contribution < 1.29 is 18.0 Å². The van der Waals surface area contributed by atoms with Crippen molar-refractivity contribution in [3.05, 3.63) is 59.9 Å². The lowest BCUT2D eigenvalue weighted by Crippen LogP contribution is -2.47. The summed E-state index contributed by atoms with van der Waals surface area (Å²) in [4.78, 5) is 36.7. The smallest absolute Gasteiger partial charge is 0.263 e. The SMILES string of the molecule is CC[C@H](C)[C@H](N=C1NS(=O)(=O)c2ccccc21)C(=O)N1CCC(C(=O)NCc2cccnc2)CC1. The van der Waals surface area contributed by atoms with Crippen LogP contribution in [0, 0.1) is 11.8 Å². The van der Waals surface area contributed by atoms with Gasteiger partial charge in [0.1, 0.15) is 11.9 Å². The molecule has 0 bridgehead atoms. The van der Waals surface area contributed by atoms with Gasteiger partial charge in [0.25, 0.3) is 10.0 Å². The fraction of sp³-hybridized carbons (Fsp3) is 0.440. The van der Waals surface area contributed by atoms with Crippen molar-refractivity contribution in [2.24, 2.45) is 16.8 Å². The number of likely N-dealkylation sites (tertiary alicyclic amines) is 1. The topological polar surface area (TPSA) is 121 Å². The van der Waals surface area contributed by atoms with Gasteiger partial charge in [0.2, 0.25) is 11.8 Å². The maximum atomic E-state index is 13.5. The largest absolute Gasteiger partial charge is 0.352 e. The summed E-state index contributed by atoms with van der Waals surface area (Å²) in [5.74, 6) is -0.171. The van der Waals surface area contributed by atoms with Crippen molar-refractivity contribution in [1.29, 1.82) is 0 Å². The van der Waals surface area contributed by atoms with Crippen molar-refractivity contribution in [3.8, 4) is 0 Å². The number of sulfonamides is 1. The third kappa shape index (κ3) is 5.53. The molecule has 1 aromatic carbocycles. The Balaban J connectivity index is 1.42. The van der Waals surface area contributed by atoms with Gasteiger partial charge in [-0.3, -0.25) is 24.3 Å². The number of hydrogen-bond donors (Lipinski definition) is 2. The number of pyridine rings is 1.